The van der Waals surface area contributed by atoms with Crippen LogP contribution in [0.4, 0.5) is 17.1 Å². The van der Waals surface area contributed by atoms with Gasteiger partial charge in [0.05, 0.1) is 12.2 Å². The van der Waals surface area contributed by atoms with Crippen molar-refractivity contribution in [3.8, 4) is 0 Å². The Bertz CT molecular complexity index is 2440. The molecule has 0 saturated heterocycles. The molecule has 0 fully saturated rings. The van der Waals surface area contributed by atoms with E-state index in [-0.39, 0.29) is 52.0 Å². The first kappa shape index (κ1) is 56.8. The summed E-state index contributed by atoms with van der Waals surface area (Å²) in [5, 5.41) is -0.562. The van der Waals surface area contributed by atoms with Crippen molar-refractivity contribution in [2.75, 3.05) is 35.5 Å². The van der Waals surface area contributed by atoms with E-state index in [1.165, 1.54) is 23.5 Å². The van der Waals surface area contributed by atoms with Crippen molar-refractivity contribution in [1.82, 2.24) is 0 Å². The van der Waals surface area contributed by atoms with E-state index in [1.54, 1.807) is 115 Å². The molecule has 0 aromatic heterocycles. The van der Waals surface area contributed by atoms with Crippen molar-refractivity contribution in [2.45, 2.75) is 34.0 Å². The van der Waals surface area contributed by atoms with E-state index in [1.807, 2.05) is 48.7 Å². The molecular weight excluding hydrogens is 845 g/mol. The molecule has 0 aliphatic heterocycles. The van der Waals surface area contributed by atoms with Gasteiger partial charge in [-0.1, -0.05) is 150 Å². The van der Waals surface area contributed by atoms with E-state index in [4.69, 9.17) is 34.4 Å². The van der Waals surface area contributed by atoms with Gasteiger partial charge < -0.3 is 34.4 Å². The van der Waals surface area contributed by atoms with Crippen LogP contribution in [0.2, 0.25) is 0 Å². The fraction of sp³-hybridized carbons (Fsp3) is 0.160. The predicted octanol–water partition coefficient (Wildman–Crippen LogP) is 8.16. The second kappa shape index (κ2) is 29.2. The zero-order valence-corrected chi connectivity index (χ0v) is 35.3. The zero-order chi connectivity index (χ0) is 44.9. The van der Waals surface area contributed by atoms with E-state index in [0.717, 1.165) is 0 Å². The average Bonchev–Trinajstić information content (AvgIpc) is 3.26. The first-order chi connectivity index (χ1) is 29.2. The summed E-state index contributed by atoms with van der Waals surface area (Å²) in [6.07, 6.45) is 3.65. The van der Waals surface area contributed by atoms with Crippen LogP contribution < -0.4 is 34.4 Å². The van der Waals surface area contributed by atoms with Crippen LogP contribution in [-0.2, 0) is 20.8 Å². The highest BCUT2D eigenvalue weighted by Crippen LogP contribution is 2.33. The third-order valence-electron chi connectivity index (χ3n) is 8.57. The van der Waals surface area contributed by atoms with Gasteiger partial charge in [0.2, 0.25) is 17.7 Å². The van der Waals surface area contributed by atoms with Crippen molar-refractivity contribution < 1.29 is 28.8 Å². The number of para-hydroxylation sites is 3. The Kier molecular flexibility index (Phi) is 25.9. The van der Waals surface area contributed by atoms with Crippen LogP contribution in [0, 0.1) is 0 Å². The topological polar surface area (TPSA) is 259 Å². The smallest absolute Gasteiger partial charge is 0.235 e. The molecule has 6 aromatic carbocycles. The van der Waals surface area contributed by atoms with Gasteiger partial charge in [0.25, 0.3) is 0 Å². The van der Waals surface area contributed by atoms with Gasteiger partial charge in [0.1, 0.15) is 5.25 Å². The minimum Gasteiger partial charge on any atom is -0.398 e. The van der Waals surface area contributed by atoms with Crippen LogP contribution in [0.1, 0.15) is 86.4 Å². The molecule has 6 rings (SSSR count). The molecular formula is C50H60N6O6S2. The summed E-state index contributed by atoms with van der Waals surface area (Å²) >= 11 is 2.73. The van der Waals surface area contributed by atoms with Gasteiger partial charge in [-0.3, -0.25) is 28.8 Å². The Morgan fingerprint density at radius 3 is 1.23 bits per heavy atom. The van der Waals surface area contributed by atoms with Crippen molar-refractivity contribution in [3.63, 3.8) is 0 Å². The molecule has 64 heavy (non-hydrogen) atoms. The minimum absolute atomic E-state index is 0. The van der Waals surface area contributed by atoms with Crippen molar-refractivity contribution in [3.05, 3.63) is 196 Å². The lowest BCUT2D eigenvalue weighted by atomic mass is 9.97. The number of ketones is 3. The molecule has 0 spiro atoms. The van der Waals surface area contributed by atoms with E-state index in [2.05, 4.69) is 0 Å². The molecule has 0 aliphatic carbocycles. The Morgan fingerprint density at radius 2 is 0.859 bits per heavy atom. The fourth-order valence-electron chi connectivity index (χ4n) is 5.64. The summed E-state index contributed by atoms with van der Waals surface area (Å²) in [6, 6.07) is 44.1. The number of hydrogen-bond acceptors (Lipinski definition) is 11. The second-order valence-electron chi connectivity index (χ2n) is 12.9. The molecule has 1 atom stereocenters. The Labute approximate surface area is 385 Å². The highest BCUT2D eigenvalue weighted by Gasteiger charge is 2.23. The minimum atomic E-state index is -0.562. The SMILES string of the molecule is C.C.C.CSC(C(N)=O)c1cccc(C(=O)c2ccccc2)c1N.CSCC(N)=O.NC(=O)Cc1cccc(C(=O)c2ccccc2)c1N.Nc1ccccc1C(=O)c1ccccc1. The number of rotatable bonds is 13. The predicted molar refractivity (Wildman–Crippen MR) is 268 cm³/mol. The first-order valence-electron chi connectivity index (χ1n) is 18.5. The molecule has 0 bridgehead atoms. The molecule has 12 N–H and O–H groups in total. The second-order valence-corrected chi connectivity index (χ2v) is 14.7. The van der Waals surface area contributed by atoms with Crippen molar-refractivity contribution in [1.29, 1.82) is 0 Å². The lowest BCUT2D eigenvalue weighted by molar-refractivity contribution is -0.118. The van der Waals surface area contributed by atoms with Crippen LogP contribution >= 0.6 is 23.5 Å². The number of nitrogens with two attached hydrogens (primary N) is 6. The summed E-state index contributed by atoms with van der Waals surface area (Å²) in [4.78, 5) is 69.0. The summed E-state index contributed by atoms with van der Waals surface area (Å²) in [6.45, 7) is 0. The number of thioether (sulfide) groups is 2. The number of anilines is 3. The van der Waals surface area contributed by atoms with E-state index in [0.29, 0.717) is 67.3 Å². The maximum Gasteiger partial charge on any atom is 0.235 e. The van der Waals surface area contributed by atoms with Crippen LogP contribution in [0.15, 0.2) is 152 Å². The lowest BCUT2D eigenvalue weighted by Crippen LogP contribution is -2.20. The molecule has 6 aromatic rings. The summed E-state index contributed by atoms with van der Waals surface area (Å²) in [5.41, 5.74) is 38.5. The van der Waals surface area contributed by atoms with E-state index >= 15 is 0 Å². The molecule has 0 radical (unpaired) electrons. The summed E-state index contributed by atoms with van der Waals surface area (Å²) < 4.78 is 0. The van der Waals surface area contributed by atoms with Gasteiger partial charge >= 0.3 is 0 Å². The van der Waals surface area contributed by atoms with Crippen molar-refractivity contribution in [2.24, 2.45) is 17.2 Å². The lowest BCUT2D eigenvalue weighted by Gasteiger charge is -2.15. The summed E-state index contributed by atoms with van der Waals surface area (Å²) in [5.74, 6) is -1.13. The van der Waals surface area contributed by atoms with Crippen LogP contribution in [0.3, 0.4) is 0 Å². The number of hydrogen-bond donors (Lipinski definition) is 6. The highest BCUT2D eigenvalue weighted by atomic mass is 32.2. The highest BCUT2D eigenvalue weighted by molar-refractivity contribution is 7.99. The number of carbonyl (C=O) groups is 6. The maximum absolute atomic E-state index is 12.5. The molecule has 12 nitrogen and oxygen atoms in total. The first-order valence-corrected chi connectivity index (χ1v) is 21.2. The van der Waals surface area contributed by atoms with E-state index in [9.17, 15) is 28.8 Å². The number of amides is 3. The Balaban J connectivity index is 0.000000862. The van der Waals surface area contributed by atoms with Crippen LogP contribution in [0.25, 0.3) is 0 Å². The largest absolute Gasteiger partial charge is 0.398 e. The third-order valence-corrected chi connectivity index (χ3v) is 10.1. The van der Waals surface area contributed by atoms with Crippen LogP contribution in [0.5, 0.6) is 0 Å². The molecule has 14 heteroatoms. The number of nitrogen functional groups attached to an aromatic ring is 3. The van der Waals surface area contributed by atoms with Gasteiger partial charge in [-0.25, -0.2) is 0 Å². The number of benzene rings is 6. The molecule has 0 saturated carbocycles. The standard InChI is InChI=1S/C16H16N2O2S.C15H14N2O2.C13H11NO.C3H7NOS.3CH4/c1-21-15(16(18)20)12-9-5-8-11(13(12)17)14(19)10-6-3-2-4-7-10;16-13(18)9-11-7-4-8-12(14(11)17)15(19)10-5-2-1-3-6-10;14-12-9-5-4-8-11(12)13(15)10-6-2-1-3-7-10;1-6-2-3(4)5;;;/h2-9,15H,17H2,1H3,(H2,18,20);1-8H,9,17H2,(H2,16,18);1-9H,14H2;2H2,1H3,(H2,4,5);3*1H4. The van der Waals surface area contributed by atoms with Gasteiger partial charge in [-0.15, -0.1) is 11.8 Å². The monoisotopic (exact) mass is 904 g/mol. The molecule has 0 heterocycles. The fourth-order valence-corrected chi connectivity index (χ4v) is 6.62. The Hall–Kier alpha value is -7.16. The van der Waals surface area contributed by atoms with Gasteiger partial charge in [-0.05, 0) is 47.9 Å². The molecule has 0 aliphatic rings. The number of carbonyl (C=O) groups excluding carboxylic acids is 6. The quantitative estimate of drug-likeness (QED) is 0.0476. The Morgan fingerprint density at radius 1 is 0.469 bits per heavy atom. The van der Waals surface area contributed by atoms with Gasteiger partial charge in [0.15, 0.2) is 17.3 Å². The normalized spacial score (nSPS) is 9.97. The summed E-state index contributed by atoms with van der Waals surface area (Å²) in [7, 11) is 0. The zero-order valence-electron chi connectivity index (χ0n) is 33.7. The maximum atomic E-state index is 12.5. The molecule has 338 valence electrons. The van der Waals surface area contributed by atoms with E-state index < -0.39 is 17.1 Å². The number of primary amides is 3. The van der Waals surface area contributed by atoms with Crippen LogP contribution in [-0.4, -0.2) is 53.3 Å². The van der Waals surface area contributed by atoms with Gasteiger partial charge in [-0.2, -0.15) is 11.8 Å². The molecule has 1 unspecified atom stereocenters. The average molecular weight is 905 g/mol. The van der Waals surface area contributed by atoms with Crippen molar-refractivity contribution >= 4 is 75.7 Å². The van der Waals surface area contributed by atoms with Gasteiger partial charge in [0, 0.05) is 50.4 Å². The third kappa shape index (κ3) is 17.0. The molecule has 3 amide bonds.